The molecular formula is C23H21ClFN5O4S. The van der Waals surface area contributed by atoms with Gasteiger partial charge < -0.3 is 15.0 Å². The first kappa shape index (κ1) is 24.4. The van der Waals surface area contributed by atoms with Crippen molar-refractivity contribution in [3.05, 3.63) is 70.9 Å². The molecule has 0 saturated carbocycles. The van der Waals surface area contributed by atoms with E-state index >= 15 is 0 Å². The number of nitrogens with zero attached hydrogens (tertiary/aromatic N) is 3. The number of nitrogens with two attached hydrogens (primary N) is 1. The first-order valence-corrected chi connectivity index (χ1v) is 12.2. The van der Waals surface area contributed by atoms with Gasteiger partial charge in [0, 0.05) is 17.8 Å². The maximum absolute atomic E-state index is 13.5. The van der Waals surface area contributed by atoms with Crippen molar-refractivity contribution < 1.29 is 22.3 Å². The normalized spacial score (nSPS) is 11.7. The van der Waals surface area contributed by atoms with Gasteiger partial charge in [-0.3, -0.25) is 9.52 Å². The molecule has 182 valence electrons. The van der Waals surface area contributed by atoms with Crippen LogP contribution in [0.1, 0.15) is 35.8 Å². The fraction of sp³-hybridized carbons (Fsp3) is 0.174. The van der Waals surface area contributed by atoms with Crippen LogP contribution in [0.3, 0.4) is 0 Å². The van der Waals surface area contributed by atoms with Crippen LogP contribution in [0.4, 0.5) is 15.9 Å². The van der Waals surface area contributed by atoms with E-state index in [4.69, 9.17) is 22.1 Å². The summed E-state index contributed by atoms with van der Waals surface area (Å²) in [5.41, 5.74) is 7.01. The second-order valence-corrected chi connectivity index (χ2v) is 9.98. The van der Waals surface area contributed by atoms with Crippen LogP contribution in [0.2, 0.25) is 5.02 Å². The van der Waals surface area contributed by atoms with E-state index in [1.165, 1.54) is 31.6 Å². The van der Waals surface area contributed by atoms with Gasteiger partial charge in [-0.05, 0) is 50.2 Å². The van der Waals surface area contributed by atoms with Gasteiger partial charge in [0.25, 0.3) is 10.0 Å². The SMILES string of the molecule is COc1ccc(C(=O)c2cn(C(C)C)c3ncnc(N)c23)cc1NS(=O)(=O)c1ccc(F)cc1Cl. The van der Waals surface area contributed by atoms with Gasteiger partial charge in [-0.2, -0.15) is 0 Å². The van der Waals surface area contributed by atoms with Gasteiger partial charge in [-0.1, -0.05) is 11.6 Å². The molecule has 0 spiro atoms. The van der Waals surface area contributed by atoms with Gasteiger partial charge >= 0.3 is 0 Å². The number of hydrogen-bond donors (Lipinski definition) is 2. The summed E-state index contributed by atoms with van der Waals surface area (Å²) < 4.78 is 48.8. The van der Waals surface area contributed by atoms with Crippen molar-refractivity contribution in [1.82, 2.24) is 14.5 Å². The Morgan fingerprint density at radius 1 is 1.20 bits per heavy atom. The summed E-state index contributed by atoms with van der Waals surface area (Å²) in [6.07, 6.45) is 2.97. The molecule has 3 N–H and O–H groups in total. The first-order chi connectivity index (χ1) is 16.5. The number of nitrogens with one attached hydrogen (secondary N) is 1. The van der Waals surface area contributed by atoms with Crippen LogP contribution in [0.25, 0.3) is 11.0 Å². The Labute approximate surface area is 205 Å². The zero-order valence-electron chi connectivity index (χ0n) is 18.9. The average molecular weight is 518 g/mol. The summed E-state index contributed by atoms with van der Waals surface area (Å²) in [6, 6.07) is 7.21. The number of anilines is 2. The summed E-state index contributed by atoms with van der Waals surface area (Å²) in [4.78, 5) is 21.5. The summed E-state index contributed by atoms with van der Waals surface area (Å²) in [5.74, 6) is -0.782. The number of sulfonamides is 1. The fourth-order valence-corrected chi connectivity index (χ4v) is 5.25. The monoisotopic (exact) mass is 517 g/mol. The predicted molar refractivity (Wildman–Crippen MR) is 131 cm³/mol. The zero-order chi connectivity index (χ0) is 25.5. The van der Waals surface area contributed by atoms with Crippen molar-refractivity contribution in [2.45, 2.75) is 24.8 Å². The molecule has 0 aliphatic heterocycles. The van der Waals surface area contributed by atoms with Crippen molar-refractivity contribution in [3.8, 4) is 5.75 Å². The predicted octanol–water partition coefficient (Wildman–Crippen LogP) is 4.43. The van der Waals surface area contributed by atoms with Gasteiger partial charge in [0.15, 0.2) is 5.78 Å². The van der Waals surface area contributed by atoms with E-state index < -0.39 is 21.6 Å². The van der Waals surface area contributed by atoms with E-state index in [1.807, 2.05) is 18.4 Å². The van der Waals surface area contributed by atoms with Crippen LogP contribution in [0.15, 0.2) is 53.8 Å². The van der Waals surface area contributed by atoms with E-state index in [1.54, 1.807) is 6.20 Å². The molecule has 4 rings (SSSR count). The Balaban J connectivity index is 1.79. The Bertz CT molecular complexity index is 1570. The number of rotatable bonds is 7. The molecule has 0 amide bonds. The third-order valence-electron chi connectivity index (χ3n) is 5.33. The molecule has 0 radical (unpaired) electrons. The molecule has 0 aliphatic rings. The molecule has 0 aliphatic carbocycles. The molecular weight excluding hydrogens is 497 g/mol. The van der Waals surface area contributed by atoms with E-state index in [-0.39, 0.29) is 44.3 Å². The van der Waals surface area contributed by atoms with Gasteiger partial charge in [0.05, 0.1) is 28.8 Å². The number of carbonyl (C=O) groups is 1. The highest BCUT2D eigenvalue weighted by atomic mass is 35.5. The number of fused-ring (bicyclic) bond motifs is 1. The van der Waals surface area contributed by atoms with Gasteiger partial charge in [-0.25, -0.2) is 22.8 Å². The second-order valence-electron chi connectivity index (χ2n) is 7.93. The van der Waals surface area contributed by atoms with E-state index in [9.17, 15) is 17.6 Å². The maximum atomic E-state index is 13.5. The van der Waals surface area contributed by atoms with Crippen molar-refractivity contribution in [3.63, 3.8) is 0 Å². The molecule has 0 atom stereocenters. The standard InChI is InChI=1S/C23H21ClFN5O4S/c1-12(2)30-10-15(20-22(26)27-11-28-23(20)30)21(31)13-4-6-18(34-3)17(8-13)29-35(32,33)19-7-5-14(25)9-16(19)24/h4-12,29H,1-3H3,(H2,26,27,28). The zero-order valence-corrected chi connectivity index (χ0v) is 20.5. The molecule has 2 aromatic carbocycles. The molecule has 2 heterocycles. The highest BCUT2D eigenvalue weighted by molar-refractivity contribution is 7.92. The van der Waals surface area contributed by atoms with Crippen molar-refractivity contribution in [1.29, 1.82) is 0 Å². The van der Waals surface area contributed by atoms with Crippen molar-refractivity contribution in [2.75, 3.05) is 17.6 Å². The van der Waals surface area contributed by atoms with Crippen molar-refractivity contribution >= 4 is 49.9 Å². The minimum absolute atomic E-state index is 0.00411. The second kappa shape index (κ2) is 9.16. The molecule has 12 heteroatoms. The van der Waals surface area contributed by atoms with Gasteiger partial charge in [-0.15, -0.1) is 0 Å². The number of aromatic nitrogens is 3. The van der Waals surface area contributed by atoms with Crippen LogP contribution in [-0.2, 0) is 10.0 Å². The smallest absolute Gasteiger partial charge is 0.263 e. The fourth-order valence-electron chi connectivity index (χ4n) is 3.65. The van der Waals surface area contributed by atoms with Crippen LogP contribution >= 0.6 is 11.6 Å². The number of nitrogen functional groups attached to an aromatic ring is 1. The lowest BCUT2D eigenvalue weighted by Crippen LogP contribution is -2.15. The number of ketones is 1. The molecule has 0 fully saturated rings. The minimum Gasteiger partial charge on any atom is -0.495 e. The summed E-state index contributed by atoms with van der Waals surface area (Å²) >= 11 is 5.94. The third-order valence-corrected chi connectivity index (χ3v) is 7.18. The summed E-state index contributed by atoms with van der Waals surface area (Å²) in [6.45, 7) is 3.87. The average Bonchev–Trinajstić information content (AvgIpc) is 3.19. The molecule has 0 saturated heterocycles. The number of methoxy groups -OCH3 is 1. The Hall–Kier alpha value is -3.70. The molecule has 35 heavy (non-hydrogen) atoms. The number of halogens is 2. The molecule has 2 aromatic heterocycles. The lowest BCUT2D eigenvalue weighted by Gasteiger charge is -2.14. The lowest BCUT2D eigenvalue weighted by atomic mass is 10.0. The molecule has 0 bridgehead atoms. The third kappa shape index (κ3) is 4.52. The number of benzene rings is 2. The largest absolute Gasteiger partial charge is 0.495 e. The highest BCUT2D eigenvalue weighted by Crippen LogP contribution is 2.33. The summed E-state index contributed by atoms with van der Waals surface area (Å²) in [5, 5.41) is 0.114. The number of ether oxygens (including phenoxy) is 1. The van der Waals surface area contributed by atoms with Gasteiger partial charge in [0.2, 0.25) is 0 Å². The Morgan fingerprint density at radius 3 is 2.60 bits per heavy atom. The van der Waals surface area contributed by atoms with Crippen LogP contribution in [-0.4, -0.2) is 35.8 Å². The lowest BCUT2D eigenvalue weighted by molar-refractivity contribution is 0.104. The minimum atomic E-state index is -4.23. The van der Waals surface area contributed by atoms with Crippen LogP contribution in [0.5, 0.6) is 5.75 Å². The highest BCUT2D eigenvalue weighted by Gasteiger charge is 2.24. The molecule has 9 nitrogen and oxygen atoms in total. The van der Waals surface area contributed by atoms with E-state index in [0.717, 1.165) is 18.2 Å². The topological polar surface area (TPSA) is 129 Å². The van der Waals surface area contributed by atoms with Crippen LogP contribution < -0.4 is 15.2 Å². The first-order valence-electron chi connectivity index (χ1n) is 10.3. The Morgan fingerprint density at radius 2 is 1.94 bits per heavy atom. The molecule has 0 unspecified atom stereocenters. The quantitative estimate of drug-likeness (QED) is 0.347. The maximum Gasteiger partial charge on any atom is 0.263 e. The summed E-state index contributed by atoms with van der Waals surface area (Å²) in [7, 11) is -2.88. The van der Waals surface area contributed by atoms with Crippen molar-refractivity contribution in [2.24, 2.45) is 0 Å². The van der Waals surface area contributed by atoms with E-state index in [2.05, 4.69) is 14.7 Å². The van der Waals surface area contributed by atoms with E-state index in [0.29, 0.717) is 11.0 Å². The molecule has 4 aromatic rings. The van der Waals surface area contributed by atoms with Crippen LogP contribution in [0, 0.1) is 5.82 Å². The van der Waals surface area contributed by atoms with Gasteiger partial charge in [0.1, 0.15) is 34.3 Å². The number of carbonyl (C=O) groups excluding carboxylic acids is 1. The number of hydrogen-bond acceptors (Lipinski definition) is 7. The Kier molecular flexibility index (Phi) is 6.39.